The van der Waals surface area contributed by atoms with E-state index < -0.39 is 176 Å². The van der Waals surface area contributed by atoms with E-state index in [1.54, 1.807) is 38.1 Å². The molecule has 1 saturated heterocycles. The van der Waals surface area contributed by atoms with Gasteiger partial charge in [0, 0.05) is 36.2 Å². The molecule has 4 heterocycles. The molecule has 344 valence electrons. The molecule has 63 heavy (non-hydrogen) atoms. The molecule has 2 bridgehead atoms. The zero-order valence-electron chi connectivity index (χ0n) is 34.7. The average Bonchev–Trinajstić information content (AvgIpc) is 3.83. The molecular weight excluding hydrogens is 851 g/mol. The maximum atomic E-state index is 14.5. The van der Waals surface area contributed by atoms with Gasteiger partial charge in [0.05, 0.1) is 54.9 Å². The third-order valence-corrected chi connectivity index (χ3v) is 12.9. The summed E-state index contributed by atoms with van der Waals surface area (Å²) in [5.74, 6) is -12.2. The van der Waals surface area contributed by atoms with Crippen molar-refractivity contribution in [2.75, 3.05) is 32.0 Å². The van der Waals surface area contributed by atoms with Gasteiger partial charge in [0.2, 0.25) is 47.3 Å². The number of aliphatic carboxylic acids is 1. The predicted octanol–water partition coefficient (Wildman–Crippen LogP) is -5.03. The molecule has 2 unspecified atom stereocenters. The van der Waals surface area contributed by atoms with Gasteiger partial charge in [-0.15, -0.1) is 0 Å². The van der Waals surface area contributed by atoms with E-state index in [0.29, 0.717) is 17.3 Å². The van der Waals surface area contributed by atoms with Crippen LogP contribution in [0.3, 0.4) is 0 Å². The second-order valence-electron chi connectivity index (χ2n) is 15.9. The van der Waals surface area contributed by atoms with E-state index in [4.69, 9.17) is 0 Å². The van der Waals surface area contributed by atoms with Crippen molar-refractivity contribution in [3.05, 3.63) is 29.8 Å². The van der Waals surface area contributed by atoms with Crippen molar-refractivity contribution in [1.82, 2.24) is 47.1 Å². The number of carbonyl (C=O) groups is 9. The Morgan fingerprint density at radius 3 is 2.17 bits per heavy atom. The summed E-state index contributed by atoms with van der Waals surface area (Å²) in [6.45, 7) is 1.79. The van der Waals surface area contributed by atoms with E-state index in [2.05, 4.69) is 42.2 Å². The third kappa shape index (κ3) is 11.5. The van der Waals surface area contributed by atoms with Crippen molar-refractivity contribution in [2.45, 2.75) is 99.9 Å². The number of amides is 8. The van der Waals surface area contributed by atoms with Gasteiger partial charge >= 0.3 is 5.97 Å². The fraction of sp³-hybridized carbons (Fsp3) is 0.564. The molecule has 5 rings (SSSR count). The van der Waals surface area contributed by atoms with Crippen molar-refractivity contribution >= 4 is 74.9 Å². The molecule has 12 N–H and O–H groups in total. The van der Waals surface area contributed by atoms with Crippen LogP contribution in [0.25, 0.3) is 10.9 Å². The Kier molecular flexibility index (Phi) is 16.0. The molecule has 3 aliphatic heterocycles. The molecule has 24 heteroatoms. The van der Waals surface area contributed by atoms with Gasteiger partial charge in [-0.1, -0.05) is 45.4 Å². The monoisotopic (exact) mass is 903 g/mol. The van der Waals surface area contributed by atoms with Crippen LogP contribution in [0.1, 0.15) is 45.6 Å². The number of carbonyl (C=O) groups excluding carboxylic acids is 8. The van der Waals surface area contributed by atoms with Crippen molar-refractivity contribution in [1.29, 1.82) is 0 Å². The van der Waals surface area contributed by atoms with Crippen LogP contribution in [0.4, 0.5) is 0 Å². The summed E-state index contributed by atoms with van der Waals surface area (Å²) in [4.78, 5) is 127. The molecule has 23 nitrogen and oxygen atoms in total. The highest BCUT2D eigenvalue weighted by molar-refractivity contribution is 7.85. The second-order valence-corrected chi connectivity index (χ2v) is 17.3. The van der Waals surface area contributed by atoms with Crippen molar-refractivity contribution < 1.29 is 67.8 Å². The molecule has 2 aromatic rings. The normalized spacial score (nSPS) is 28.8. The van der Waals surface area contributed by atoms with Gasteiger partial charge in [-0.2, -0.15) is 0 Å². The molecule has 1 fully saturated rings. The van der Waals surface area contributed by atoms with Crippen molar-refractivity contribution in [2.24, 2.45) is 11.8 Å². The molecule has 0 radical (unpaired) electrons. The number of carboxylic acid groups (broad SMARTS) is 1. The number of H-pyrrole nitrogens is 1. The van der Waals surface area contributed by atoms with E-state index in [0.717, 1.165) is 4.90 Å². The van der Waals surface area contributed by atoms with Gasteiger partial charge in [-0.3, -0.25) is 47.4 Å². The minimum absolute atomic E-state index is 0.0825. The zero-order chi connectivity index (χ0) is 46.3. The van der Waals surface area contributed by atoms with E-state index in [1.807, 2.05) is 0 Å². The van der Waals surface area contributed by atoms with Crippen LogP contribution in [-0.2, 0) is 60.4 Å². The highest BCUT2D eigenvalue weighted by Gasteiger charge is 2.45. The Balaban J connectivity index is 1.72. The number of fused-ring (bicyclic) bond motifs is 5. The number of benzene rings is 1. The summed E-state index contributed by atoms with van der Waals surface area (Å²) in [6.07, 6.45) is -4.56. The van der Waals surface area contributed by atoms with Crippen molar-refractivity contribution in [3.8, 4) is 0 Å². The van der Waals surface area contributed by atoms with Crippen LogP contribution in [0.2, 0.25) is 0 Å². The van der Waals surface area contributed by atoms with Gasteiger partial charge in [0.1, 0.15) is 41.3 Å². The van der Waals surface area contributed by atoms with Gasteiger partial charge in [0.15, 0.2) is 0 Å². The summed E-state index contributed by atoms with van der Waals surface area (Å²) in [5, 5.41) is 58.4. The number of aromatic nitrogens is 1. The number of carboxylic acids is 1. The minimum Gasteiger partial charge on any atom is -0.481 e. The molecule has 8 amide bonds. The van der Waals surface area contributed by atoms with E-state index in [1.165, 1.54) is 6.92 Å². The van der Waals surface area contributed by atoms with Crippen molar-refractivity contribution in [3.63, 3.8) is 0 Å². The van der Waals surface area contributed by atoms with E-state index in [-0.39, 0.29) is 10.6 Å². The van der Waals surface area contributed by atoms with Crippen LogP contribution in [0.5, 0.6) is 0 Å². The Bertz CT molecular complexity index is 2150. The van der Waals surface area contributed by atoms with Crippen LogP contribution in [-0.4, -0.2) is 168 Å². The molecular formula is C39H53N9O14S. The Morgan fingerprint density at radius 1 is 0.841 bits per heavy atom. The van der Waals surface area contributed by atoms with Gasteiger partial charge in [-0.25, -0.2) is 0 Å². The Morgan fingerprint density at radius 2 is 1.51 bits per heavy atom. The van der Waals surface area contributed by atoms with Gasteiger partial charge in [0.25, 0.3) is 0 Å². The summed E-state index contributed by atoms with van der Waals surface area (Å²) in [6, 6.07) is -3.47. The topological polar surface area (TPSA) is 355 Å². The fourth-order valence-electron chi connectivity index (χ4n) is 7.63. The standard InChI is InChI=1S/C39H53N9O14S/c1-4-17(2)31-36(59)41-12-28(52)42-25-16-63(62)38-21(20-7-5-6-8-22(20)45-38)10-23(33(56)40-13-29(53)46-31)43-37(60)32(18(3)27(51)15-49)47-35(58)26-9-19(50)14-48(26)39(61)24(11-30(54)55)44-34(25)57/h5-8,17-19,23-27,31-32,45,49-51H,4,9-16H2,1-3H3,(H,40,56)(H,41,59)(H,42,52)(H,43,60)(H,44,57)(H,46,53)(H,47,58)(H,54,55)/t17?,18-,19+,23-,24-,25-,26-,27-,31-,32-,63?/m0/s1. The van der Waals surface area contributed by atoms with E-state index in [9.17, 15) is 67.8 Å². The number of hydrogen-bond donors (Lipinski definition) is 12. The Hall–Kier alpha value is -5.98. The predicted molar refractivity (Wildman–Crippen MR) is 219 cm³/mol. The number of nitrogens with zero attached hydrogens (tertiary/aromatic N) is 1. The van der Waals surface area contributed by atoms with Crippen LogP contribution >= 0.6 is 0 Å². The molecule has 0 spiro atoms. The highest BCUT2D eigenvalue weighted by Crippen LogP contribution is 2.28. The lowest BCUT2D eigenvalue weighted by atomic mass is 9.93. The first-order valence-electron chi connectivity index (χ1n) is 20.4. The highest BCUT2D eigenvalue weighted by atomic mass is 32.2. The number of hydrogen-bond acceptors (Lipinski definition) is 13. The number of para-hydroxylation sites is 1. The third-order valence-electron chi connectivity index (χ3n) is 11.4. The first-order valence-corrected chi connectivity index (χ1v) is 21.7. The van der Waals surface area contributed by atoms with Gasteiger partial charge < -0.3 is 67.5 Å². The van der Waals surface area contributed by atoms with Crippen LogP contribution in [0, 0.1) is 11.8 Å². The van der Waals surface area contributed by atoms with E-state index >= 15 is 0 Å². The number of rotatable bonds is 7. The summed E-state index contributed by atoms with van der Waals surface area (Å²) in [5.41, 5.74) is 0.560. The number of aliphatic hydroxyl groups excluding tert-OH is 3. The zero-order valence-corrected chi connectivity index (χ0v) is 35.5. The summed E-state index contributed by atoms with van der Waals surface area (Å²) in [7, 11) is -2.32. The maximum absolute atomic E-state index is 14.5. The number of aliphatic hydroxyl groups is 3. The lowest BCUT2D eigenvalue weighted by Gasteiger charge is -2.32. The van der Waals surface area contributed by atoms with Crippen LogP contribution in [0.15, 0.2) is 29.3 Å². The smallest absolute Gasteiger partial charge is 0.305 e. The summed E-state index contributed by atoms with van der Waals surface area (Å²) < 4.78 is 14.5. The number of aromatic amines is 1. The second kappa shape index (κ2) is 20.9. The average molecular weight is 904 g/mol. The fourth-order valence-corrected chi connectivity index (χ4v) is 9.03. The number of nitrogens with one attached hydrogen (secondary N) is 8. The molecule has 1 aromatic heterocycles. The first kappa shape index (κ1) is 48.1. The molecule has 11 atom stereocenters. The lowest BCUT2D eigenvalue weighted by molar-refractivity contribution is -0.146. The summed E-state index contributed by atoms with van der Waals surface area (Å²) >= 11 is 0. The maximum Gasteiger partial charge on any atom is 0.305 e. The molecule has 0 aliphatic carbocycles. The lowest BCUT2D eigenvalue weighted by Crippen LogP contribution is -2.62. The molecule has 1 aromatic carbocycles. The van der Waals surface area contributed by atoms with Gasteiger partial charge in [-0.05, 0) is 17.5 Å². The van der Waals surface area contributed by atoms with Crippen LogP contribution < -0.4 is 37.2 Å². The quantitative estimate of drug-likeness (QED) is 0.124. The SMILES string of the molecule is CCC(C)[C@@H]1NC(=O)CNC(=O)[C@@H]2Cc3c([nH]c4ccccc34)S(=O)C[C@H](NC(=O)CNC1=O)C(=O)N[C@@H](CC(=O)O)C(=O)N1C[C@H](O)C[C@H]1C(=O)N[C@@H]([C@@H](C)[C@@H](O)CO)C(=O)N2. The Labute approximate surface area is 362 Å². The first-order chi connectivity index (χ1) is 29.8. The minimum atomic E-state index is -2.32. The largest absolute Gasteiger partial charge is 0.481 e. The molecule has 3 aliphatic rings. The molecule has 0 saturated carbocycles.